The number of carbonyl (C=O) groups excluding carboxylic acids is 2. The Morgan fingerprint density at radius 1 is 1.37 bits per heavy atom. The monoisotopic (exact) mass is 264 g/mol. The third-order valence-corrected chi connectivity index (χ3v) is 2.28. The zero-order valence-electron chi connectivity index (χ0n) is 10.1. The first-order chi connectivity index (χ1) is 8.95. The van der Waals surface area contributed by atoms with E-state index in [1.54, 1.807) is 0 Å². The second kappa shape index (κ2) is 6.34. The molecule has 19 heavy (non-hydrogen) atoms. The molecule has 0 spiro atoms. The number of aromatic hydroxyl groups is 1. The predicted molar refractivity (Wildman–Crippen MR) is 65.1 cm³/mol. The number of carboxylic acids is 1. The van der Waals surface area contributed by atoms with Crippen molar-refractivity contribution in [1.82, 2.24) is 0 Å². The molecule has 0 atom stereocenters. The molecule has 2 N–H and O–H groups in total. The third-order valence-electron chi connectivity index (χ3n) is 2.28. The van der Waals surface area contributed by atoms with Crippen LogP contribution in [0.1, 0.15) is 23.7 Å². The summed E-state index contributed by atoms with van der Waals surface area (Å²) in [7, 11) is 0. The number of phenolic OH excluding ortho intramolecular Hbond substituents is 1. The molecule has 0 unspecified atom stereocenters. The van der Waals surface area contributed by atoms with E-state index in [4.69, 9.17) is 9.84 Å². The number of esters is 1. The van der Waals surface area contributed by atoms with Crippen LogP contribution in [0.3, 0.4) is 0 Å². The number of carbonyl (C=O) groups is 3. The number of rotatable bonds is 5. The molecule has 1 aromatic rings. The number of aliphatic carboxylic acids is 1. The van der Waals surface area contributed by atoms with Crippen molar-refractivity contribution in [1.29, 1.82) is 0 Å². The smallest absolute Gasteiger partial charge is 0.330 e. The van der Waals surface area contributed by atoms with Crippen molar-refractivity contribution in [2.45, 2.75) is 13.3 Å². The number of para-hydroxylation sites is 1. The van der Waals surface area contributed by atoms with Gasteiger partial charge in [0.2, 0.25) is 0 Å². The molecule has 0 aromatic heterocycles. The van der Waals surface area contributed by atoms with Crippen LogP contribution in [0, 0.1) is 0 Å². The van der Waals surface area contributed by atoms with Gasteiger partial charge >= 0.3 is 11.9 Å². The highest BCUT2D eigenvalue weighted by Gasteiger charge is 2.13. The van der Waals surface area contributed by atoms with Crippen LogP contribution in [0.4, 0.5) is 0 Å². The summed E-state index contributed by atoms with van der Waals surface area (Å²) in [5.41, 5.74) is 0.0390. The van der Waals surface area contributed by atoms with Gasteiger partial charge in [-0.05, 0) is 19.1 Å². The minimum atomic E-state index is -1.14. The van der Waals surface area contributed by atoms with Crippen LogP contribution in [-0.4, -0.2) is 28.4 Å². The van der Waals surface area contributed by atoms with Crippen molar-refractivity contribution in [3.05, 3.63) is 35.4 Å². The van der Waals surface area contributed by atoms with Gasteiger partial charge in [0.25, 0.3) is 0 Å². The van der Waals surface area contributed by atoms with Crippen molar-refractivity contribution in [2.24, 2.45) is 0 Å². The van der Waals surface area contributed by atoms with E-state index in [0.717, 1.165) is 0 Å². The van der Waals surface area contributed by atoms with Crippen LogP contribution in [0.25, 0.3) is 0 Å². The van der Waals surface area contributed by atoms with E-state index >= 15 is 0 Å². The molecule has 0 heterocycles. The predicted octanol–water partition coefficient (Wildman–Crippen LogP) is 1.53. The number of ether oxygens (including phenoxy) is 1. The third kappa shape index (κ3) is 3.95. The summed E-state index contributed by atoms with van der Waals surface area (Å²) < 4.78 is 4.84. The van der Waals surface area contributed by atoms with Crippen LogP contribution >= 0.6 is 0 Å². The van der Waals surface area contributed by atoms with Crippen LogP contribution in [0.15, 0.2) is 29.8 Å². The Hall–Kier alpha value is -2.63. The summed E-state index contributed by atoms with van der Waals surface area (Å²) in [6.45, 7) is 1.34. The van der Waals surface area contributed by atoms with Crippen molar-refractivity contribution in [3.8, 4) is 11.5 Å². The molecular weight excluding hydrogens is 252 g/mol. The quantitative estimate of drug-likeness (QED) is 0.362. The molecule has 0 bridgehead atoms. The van der Waals surface area contributed by atoms with Crippen molar-refractivity contribution in [2.75, 3.05) is 0 Å². The van der Waals surface area contributed by atoms with Gasteiger partial charge in [0.05, 0.1) is 12.0 Å². The Balaban J connectivity index is 2.81. The van der Waals surface area contributed by atoms with Crippen LogP contribution < -0.4 is 4.74 Å². The van der Waals surface area contributed by atoms with Gasteiger partial charge in [0.15, 0.2) is 17.8 Å². The van der Waals surface area contributed by atoms with Gasteiger partial charge in [0.1, 0.15) is 0 Å². The summed E-state index contributed by atoms with van der Waals surface area (Å²) in [4.78, 5) is 32.7. The largest absolute Gasteiger partial charge is 0.504 e. The average Bonchev–Trinajstić information content (AvgIpc) is 2.38. The minimum absolute atomic E-state index is 0.00449. The van der Waals surface area contributed by atoms with Gasteiger partial charge in [-0.1, -0.05) is 12.1 Å². The van der Waals surface area contributed by atoms with E-state index in [0.29, 0.717) is 6.29 Å². The Bertz CT molecular complexity index is 544. The minimum Gasteiger partial charge on any atom is -0.504 e. The fourth-order valence-corrected chi connectivity index (χ4v) is 1.23. The van der Waals surface area contributed by atoms with E-state index in [2.05, 4.69) is 0 Å². The molecule has 6 heteroatoms. The zero-order valence-corrected chi connectivity index (χ0v) is 10.1. The first-order valence-electron chi connectivity index (χ1n) is 5.33. The SMILES string of the molecule is CC(=CCC(=O)Oc1c(O)cccc1C=O)C(=O)O. The van der Waals surface area contributed by atoms with Crippen LogP contribution in [-0.2, 0) is 9.59 Å². The zero-order chi connectivity index (χ0) is 14.4. The second-order valence-corrected chi connectivity index (χ2v) is 3.68. The standard InChI is InChI=1S/C13H12O6/c1-8(13(17)18)5-6-11(16)19-12-9(7-14)3-2-4-10(12)15/h2-5,7,15H,6H2,1H3,(H,17,18). The highest BCUT2D eigenvalue weighted by molar-refractivity contribution is 5.88. The molecule has 0 aliphatic heterocycles. The Labute approximate surface area is 108 Å². The first kappa shape index (κ1) is 14.4. The van der Waals surface area contributed by atoms with E-state index in [9.17, 15) is 19.5 Å². The van der Waals surface area contributed by atoms with E-state index in [-0.39, 0.29) is 29.1 Å². The van der Waals surface area contributed by atoms with Crippen molar-refractivity contribution >= 4 is 18.2 Å². The van der Waals surface area contributed by atoms with Gasteiger partial charge in [0, 0.05) is 5.57 Å². The maximum atomic E-state index is 11.5. The summed E-state index contributed by atoms with van der Waals surface area (Å²) in [5, 5.41) is 18.1. The maximum absolute atomic E-state index is 11.5. The highest BCUT2D eigenvalue weighted by atomic mass is 16.5. The molecule has 100 valence electrons. The maximum Gasteiger partial charge on any atom is 0.330 e. The summed E-state index contributed by atoms with van der Waals surface area (Å²) in [6, 6.07) is 4.09. The lowest BCUT2D eigenvalue weighted by Crippen LogP contribution is -2.09. The Kier molecular flexibility index (Phi) is 4.82. The summed E-state index contributed by atoms with van der Waals surface area (Å²) >= 11 is 0. The summed E-state index contributed by atoms with van der Waals surface area (Å²) in [5.74, 6) is -2.48. The lowest BCUT2D eigenvalue weighted by molar-refractivity contribution is -0.133. The van der Waals surface area contributed by atoms with Crippen molar-refractivity contribution in [3.63, 3.8) is 0 Å². The van der Waals surface area contributed by atoms with E-state index in [1.807, 2.05) is 0 Å². The number of aldehydes is 1. The Morgan fingerprint density at radius 3 is 2.63 bits per heavy atom. The van der Waals surface area contributed by atoms with Gasteiger partial charge in [-0.3, -0.25) is 9.59 Å². The van der Waals surface area contributed by atoms with Gasteiger partial charge in [-0.15, -0.1) is 0 Å². The average molecular weight is 264 g/mol. The van der Waals surface area contributed by atoms with Crippen LogP contribution in [0.2, 0.25) is 0 Å². The highest BCUT2D eigenvalue weighted by Crippen LogP contribution is 2.29. The number of hydrogen-bond acceptors (Lipinski definition) is 5. The van der Waals surface area contributed by atoms with Crippen LogP contribution in [0.5, 0.6) is 11.5 Å². The molecule has 1 aromatic carbocycles. The molecule has 0 aliphatic rings. The molecule has 0 amide bonds. The normalized spacial score (nSPS) is 10.9. The molecule has 0 saturated carbocycles. The number of carboxylic acid groups (broad SMARTS) is 1. The second-order valence-electron chi connectivity index (χ2n) is 3.68. The van der Waals surface area contributed by atoms with E-state index in [1.165, 1.54) is 31.2 Å². The lowest BCUT2D eigenvalue weighted by atomic mass is 10.2. The number of phenols is 1. The topological polar surface area (TPSA) is 101 Å². The first-order valence-corrected chi connectivity index (χ1v) is 5.33. The fourth-order valence-electron chi connectivity index (χ4n) is 1.23. The summed E-state index contributed by atoms with van der Waals surface area (Å²) in [6.07, 6.45) is 1.36. The molecule has 0 aliphatic carbocycles. The molecule has 0 radical (unpaired) electrons. The number of benzene rings is 1. The molecule has 1 rings (SSSR count). The number of hydrogen-bond donors (Lipinski definition) is 2. The van der Waals surface area contributed by atoms with Gasteiger partial charge in [-0.2, -0.15) is 0 Å². The van der Waals surface area contributed by atoms with E-state index < -0.39 is 11.9 Å². The molecule has 0 saturated heterocycles. The fraction of sp³-hybridized carbons (Fsp3) is 0.154. The lowest BCUT2D eigenvalue weighted by Gasteiger charge is -2.07. The Morgan fingerprint density at radius 2 is 2.05 bits per heavy atom. The van der Waals surface area contributed by atoms with Crippen molar-refractivity contribution < 1.29 is 29.3 Å². The molecule has 6 nitrogen and oxygen atoms in total. The molecule has 0 fully saturated rings. The molecular formula is C13H12O6. The van der Waals surface area contributed by atoms with Gasteiger partial charge < -0.3 is 14.9 Å². The van der Waals surface area contributed by atoms with Gasteiger partial charge in [-0.25, -0.2) is 4.79 Å².